The van der Waals surface area contributed by atoms with E-state index in [0.29, 0.717) is 63.2 Å². The van der Waals surface area contributed by atoms with Crippen molar-refractivity contribution in [1.29, 1.82) is 0 Å². The van der Waals surface area contributed by atoms with Gasteiger partial charge in [0.25, 0.3) is 0 Å². The molecule has 0 fully saturated rings. The van der Waals surface area contributed by atoms with E-state index in [0.717, 1.165) is 39.1 Å². The van der Waals surface area contributed by atoms with Gasteiger partial charge in [0.2, 0.25) is 0 Å². The van der Waals surface area contributed by atoms with Gasteiger partial charge < -0.3 is 24.7 Å². The first-order valence-corrected chi connectivity index (χ1v) is 15.3. The lowest BCUT2D eigenvalue weighted by molar-refractivity contribution is -0.141. The Hall–Kier alpha value is -4.83. The van der Waals surface area contributed by atoms with E-state index >= 15 is 0 Å². The van der Waals surface area contributed by atoms with E-state index in [1.165, 1.54) is 14.2 Å². The standard InChI is InChI=1S/C36H40N4O6/c1-17-23(9-11-33(43)45-7)29-16-30-24(10-12-34(44)46-8)18(2)26(38-30)14-31-36(22(6)42)20(4)28(40-31)15-32-35(21(5)41)19(3)27(39-32)13-25(17)37-29/h13-16,21,40-42H,9-12H2,1-8H3/b25-13?,30-16?,31-14?,32-15?,36-22-. The summed E-state index contributed by atoms with van der Waals surface area (Å²) in [5, 5.41) is 22.9. The average molecular weight is 625 g/mol. The van der Waals surface area contributed by atoms with Gasteiger partial charge in [0.15, 0.2) is 0 Å². The molecule has 46 heavy (non-hydrogen) atoms. The van der Waals surface area contributed by atoms with Crippen LogP contribution in [-0.2, 0) is 19.1 Å². The second kappa shape index (κ2) is 12.9. The van der Waals surface area contributed by atoms with Crippen LogP contribution >= 0.6 is 0 Å². The molecule has 0 aliphatic carbocycles. The number of aliphatic imine (C=N–C) groups is 3. The van der Waals surface area contributed by atoms with Crippen molar-refractivity contribution in [3.8, 4) is 0 Å². The first-order chi connectivity index (χ1) is 21.8. The van der Waals surface area contributed by atoms with Crippen molar-refractivity contribution in [3.05, 3.63) is 84.5 Å². The molecule has 240 valence electrons. The number of H-pyrrole nitrogens is 1. The molecule has 0 spiro atoms. The Labute approximate surface area is 268 Å². The summed E-state index contributed by atoms with van der Waals surface area (Å²) >= 11 is 0. The number of aromatic nitrogens is 1. The molecule has 3 N–H and O–H groups in total. The van der Waals surface area contributed by atoms with Gasteiger partial charge in [-0.05, 0) is 112 Å². The van der Waals surface area contributed by atoms with Gasteiger partial charge in [-0.1, -0.05) is 0 Å². The largest absolute Gasteiger partial charge is 0.512 e. The Morgan fingerprint density at radius 2 is 1.35 bits per heavy atom. The molecule has 8 bridgehead atoms. The summed E-state index contributed by atoms with van der Waals surface area (Å²) in [4.78, 5) is 42.8. The molecule has 5 rings (SSSR count). The van der Waals surface area contributed by atoms with Gasteiger partial charge in [-0.3, -0.25) is 9.59 Å². The molecule has 4 aliphatic rings. The molecule has 0 aromatic carbocycles. The minimum absolute atomic E-state index is 0.148. The summed E-state index contributed by atoms with van der Waals surface area (Å²) in [6.45, 7) is 11.1. The summed E-state index contributed by atoms with van der Waals surface area (Å²) in [7, 11) is 2.74. The van der Waals surface area contributed by atoms with Crippen LogP contribution in [0.25, 0.3) is 17.9 Å². The lowest BCUT2D eigenvalue weighted by atomic mass is 9.96. The minimum atomic E-state index is -0.777. The second-order valence-electron chi connectivity index (χ2n) is 11.8. The van der Waals surface area contributed by atoms with Crippen LogP contribution in [0.4, 0.5) is 0 Å². The maximum atomic E-state index is 12.2. The fourth-order valence-corrected chi connectivity index (χ4v) is 6.34. The third-order valence-corrected chi connectivity index (χ3v) is 8.90. The maximum absolute atomic E-state index is 12.2. The highest BCUT2D eigenvalue weighted by atomic mass is 16.5. The quantitative estimate of drug-likeness (QED) is 0.381. The van der Waals surface area contributed by atoms with E-state index < -0.39 is 6.10 Å². The fourth-order valence-electron chi connectivity index (χ4n) is 6.34. The molecule has 10 heteroatoms. The van der Waals surface area contributed by atoms with E-state index in [2.05, 4.69) is 4.98 Å². The van der Waals surface area contributed by atoms with Crippen LogP contribution in [0.3, 0.4) is 0 Å². The summed E-state index contributed by atoms with van der Waals surface area (Å²) < 4.78 is 9.85. The molecule has 0 amide bonds. The molecule has 1 aromatic rings. The number of nitrogens with one attached hydrogen (secondary N) is 1. The summed E-state index contributed by atoms with van der Waals surface area (Å²) in [6, 6.07) is 0. The highest BCUT2D eigenvalue weighted by molar-refractivity contribution is 6.24. The van der Waals surface area contributed by atoms with Gasteiger partial charge in [0, 0.05) is 29.3 Å². The molecular weight excluding hydrogens is 584 g/mol. The molecule has 0 saturated heterocycles. The molecule has 0 radical (unpaired) electrons. The number of nitrogens with zero attached hydrogens (tertiary/aromatic N) is 3. The monoisotopic (exact) mass is 624 g/mol. The van der Waals surface area contributed by atoms with Gasteiger partial charge in [-0.2, -0.15) is 0 Å². The van der Waals surface area contributed by atoms with E-state index in [1.54, 1.807) is 13.8 Å². The van der Waals surface area contributed by atoms with Crippen LogP contribution < -0.4 is 10.6 Å². The van der Waals surface area contributed by atoms with Crippen molar-refractivity contribution in [2.45, 2.75) is 73.3 Å². The Morgan fingerprint density at radius 3 is 1.96 bits per heavy atom. The zero-order valence-corrected chi connectivity index (χ0v) is 27.6. The SMILES string of the molecule is COC(=O)CCC1=C(C)C2=NC1=CC1=NC(=CC3=NC(=Cc4[nH]c(/c(=C(/C)O)c4C)=C2)C(C(C)O)=C3C)C(C)=C1CCC(=O)OC. The van der Waals surface area contributed by atoms with Crippen molar-refractivity contribution in [2.75, 3.05) is 14.2 Å². The number of aliphatic hydroxyl groups excluding tert-OH is 2. The predicted octanol–water partition coefficient (Wildman–Crippen LogP) is 4.51. The van der Waals surface area contributed by atoms with Crippen molar-refractivity contribution >= 4 is 47.0 Å². The van der Waals surface area contributed by atoms with E-state index in [4.69, 9.17) is 24.5 Å². The first-order valence-electron chi connectivity index (χ1n) is 15.3. The number of aromatic amines is 1. The van der Waals surface area contributed by atoms with E-state index in [9.17, 15) is 19.8 Å². The number of hydrogen-bond donors (Lipinski definition) is 3. The number of aliphatic hydroxyl groups is 2. The molecule has 1 atom stereocenters. The fraction of sp³-hybridized carbons (Fsp3) is 0.361. The first kappa shape index (κ1) is 32.6. The second-order valence-corrected chi connectivity index (χ2v) is 11.8. The smallest absolute Gasteiger partial charge is 0.305 e. The van der Waals surface area contributed by atoms with Crippen LogP contribution in [0.5, 0.6) is 0 Å². The number of hydrogen-bond acceptors (Lipinski definition) is 9. The number of methoxy groups -OCH3 is 2. The predicted molar refractivity (Wildman–Crippen MR) is 180 cm³/mol. The van der Waals surface area contributed by atoms with Crippen molar-refractivity contribution < 1.29 is 29.3 Å². The van der Waals surface area contributed by atoms with Gasteiger partial charge in [0.05, 0.1) is 65.7 Å². The normalized spacial score (nSPS) is 18.8. The summed E-state index contributed by atoms with van der Waals surface area (Å²) in [6.07, 6.45) is 7.99. The number of fused-ring (bicyclic) bond motifs is 5. The number of ether oxygens (including phenoxy) is 2. The number of allylic oxidation sites excluding steroid dienone is 7. The highest BCUT2D eigenvalue weighted by Gasteiger charge is 2.28. The summed E-state index contributed by atoms with van der Waals surface area (Å²) in [5.41, 5.74) is 10.6. The number of esters is 2. The van der Waals surface area contributed by atoms with Gasteiger partial charge in [-0.25, -0.2) is 15.0 Å². The Bertz CT molecular complexity index is 1960. The molecule has 0 saturated carbocycles. The lowest BCUT2D eigenvalue weighted by Crippen LogP contribution is -2.27. The van der Waals surface area contributed by atoms with Crippen LogP contribution in [0.15, 0.2) is 77.7 Å². The van der Waals surface area contributed by atoms with Gasteiger partial charge in [0.1, 0.15) is 0 Å². The molecular formula is C36H40N4O6. The number of carbonyl (C=O) groups is 2. The number of rotatable bonds is 7. The van der Waals surface area contributed by atoms with Crippen molar-refractivity contribution in [1.82, 2.24) is 4.98 Å². The topological polar surface area (TPSA) is 146 Å². The van der Waals surface area contributed by atoms with E-state index in [1.807, 2.05) is 52.0 Å². The molecule has 4 aliphatic heterocycles. The van der Waals surface area contributed by atoms with Gasteiger partial charge >= 0.3 is 11.9 Å². The van der Waals surface area contributed by atoms with Gasteiger partial charge in [-0.15, -0.1) is 0 Å². The van der Waals surface area contributed by atoms with Crippen LogP contribution in [0, 0.1) is 6.92 Å². The van der Waals surface area contributed by atoms with Crippen molar-refractivity contribution in [3.63, 3.8) is 0 Å². The highest BCUT2D eigenvalue weighted by Crippen LogP contribution is 2.36. The third kappa shape index (κ3) is 6.04. The Kier molecular flexibility index (Phi) is 9.12. The van der Waals surface area contributed by atoms with Crippen LogP contribution in [0.2, 0.25) is 0 Å². The van der Waals surface area contributed by atoms with Crippen LogP contribution in [0.1, 0.15) is 71.6 Å². The Morgan fingerprint density at radius 1 is 0.783 bits per heavy atom. The number of carbonyl (C=O) groups excluding carboxylic acids is 2. The molecule has 10 nitrogen and oxygen atoms in total. The lowest BCUT2D eigenvalue weighted by Gasteiger charge is -2.09. The molecule has 5 heterocycles. The zero-order valence-electron chi connectivity index (χ0n) is 27.6. The maximum Gasteiger partial charge on any atom is 0.305 e. The van der Waals surface area contributed by atoms with E-state index in [-0.39, 0.29) is 30.5 Å². The third-order valence-electron chi connectivity index (χ3n) is 8.90. The van der Waals surface area contributed by atoms with Crippen LogP contribution in [-0.4, -0.2) is 64.6 Å². The molecule has 1 aromatic heterocycles. The average Bonchev–Trinajstić information content (AvgIpc) is 3.67. The zero-order chi connectivity index (χ0) is 33.4. The Balaban J connectivity index is 1.82. The molecule has 1 unspecified atom stereocenters. The minimum Gasteiger partial charge on any atom is -0.512 e. The van der Waals surface area contributed by atoms with Crippen molar-refractivity contribution in [2.24, 2.45) is 15.0 Å². The summed E-state index contributed by atoms with van der Waals surface area (Å²) in [5.74, 6) is -0.500.